The van der Waals surface area contributed by atoms with Gasteiger partial charge in [-0.25, -0.2) is 0 Å². The van der Waals surface area contributed by atoms with Crippen LogP contribution in [-0.4, -0.2) is 25.0 Å². The van der Waals surface area contributed by atoms with Crippen molar-refractivity contribution in [2.45, 2.75) is 12.3 Å². The highest BCUT2D eigenvalue weighted by Crippen LogP contribution is 2.37. The number of carbonyl (C=O) groups excluding carboxylic acids is 1. The highest BCUT2D eigenvalue weighted by atomic mass is 79.9. The van der Waals surface area contributed by atoms with Crippen LogP contribution in [0.2, 0.25) is 0 Å². The molecule has 4 heteroatoms. The Bertz CT molecular complexity index is 627. The molecule has 0 saturated heterocycles. The summed E-state index contributed by atoms with van der Waals surface area (Å²) in [6.07, 6.45) is 0. The van der Waals surface area contributed by atoms with E-state index in [1.807, 2.05) is 61.5 Å². The number of esters is 1. The van der Waals surface area contributed by atoms with Gasteiger partial charge < -0.3 is 9.47 Å². The van der Waals surface area contributed by atoms with Crippen LogP contribution in [0.3, 0.4) is 0 Å². The number of hydrogen-bond donors (Lipinski definition) is 0. The number of carbonyl (C=O) groups is 1. The number of benzene rings is 2. The number of methoxy groups -OCH3 is 1. The zero-order chi connectivity index (χ0) is 16.0. The summed E-state index contributed by atoms with van der Waals surface area (Å²) in [5, 5.41) is 0.427. The molecule has 0 fully saturated rings. The molecular weight excluding hydrogens is 344 g/mol. The third-order valence-corrected chi connectivity index (χ3v) is 4.49. The summed E-state index contributed by atoms with van der Waals surface area (Å²) in [7, 11) is 1.61. The lowest BCUT2D eigenvalue weighted by atomic mass is 9.76. The molecule has 2 aromatic carbocycles. The summed E-state index contributed by atoms with van der Waals surface area (Å²) in [5.41, 5.74) is 0.832. The lowest BCUT2D eigenvalue weighted by molar-refractivity contribution is -0.147. The average molecular weight is 363 g/mol. The maximum atomic E-state index is 12.8. The molecule has 0 bridgehead atoms. The number of halogens is 1. The Kier molecular flexibility index (Phi) is 5.61. The fourth-order valence-electron chi connectivity index (χ4n) is 2.48. The fraction of sp³-hybridized carbons (Fsp3) is 0.278. The van der Waals surface area contributed by atoms with Crippen LogP contribution in [-0.2, 0) is 14.9 Å². The van der Waals surface area contributed by atoms with Crippen molar-refractivity contribution in [1.82, 2.24) is 0 Å². The Balaban J connectivity index is 2.65. The molecule has 0 N–H and O–H groups in total. The van der Waals surface area contributed by atoms with Gasteiger partial charge in [-0.3, -0.25) is 4.79 Å². The minimum Gasteiger partial charge on any atom is -0.497 e. The normalized spacial score (nSPS) is 13.2. The third-order valence-electron chi connectivity index (χ3n) is 3.65. The van der Waals surface area contributed by atoms with Crippen LogP contribution in [0.1, 0.15) is 18.1 Å². The van der Waals surface area contributed by atoms with Gasteiger partial charge in [-0.2, -0.15) is 0 Å². The Morgan fingerprint density at radius 2 is 1.77 bits per heavy atom. The van der Waals surface area contributed by atoms with Gasteiger partial charge in [0.1, 0.15) is 11.2 Å². The van der Waals surface area contributed by atoms with E-state index in [0.717, 1.165) is 11.1 Å². The SMILES string of the molecule is CCOC(=O)[C@@](CBr)(c1ccccc1)c1cccc(OC)c1. The van der Waals surface area contributed by atoms with Gasteiger partial charge in [-0.1, -0.05) is 58.4 Å². The lowest BCUT2D eigenvalue weighted by Gasteiger charge is -2.31. The van der Waals surface area contributed by atoms with Gasteiger partial charge in [-0.05, 0) is 30.2 Å². The molecule has 0 heterocycles. The minimum atomic E-state index is -0.897. The topological polar surface area (TPSA) is 35.5 Å². The zero-order valence-electron chi connectivity index (χ0n) is 12.7. The van der Waals surface area contributed by atoms with Crippen LogP contribution in [0.15, 0.2) is 54.6 Å². The van der Waals surface area contributed by atoms with Crippen LogP contribution in [0.25, 0.3) is 0 Å². The predicted octanol–water partition coefficient (Wildman–Crippen LogP) is 3.94. The van der Waals surface area contributed by atoms with Gasteiger partial charge in [0, 0.05) is 5.33 Å². The number of rotatable bonds is 6. The van der Waals surface area contributed by atoms with Gasteiger partial charge in [0.25, 0.3) is 0 Å². The number of alkyl halides is 1. The number of hydrogen-bond acceptors (Lipinski definition) is 3. The molecule has 3 nitrogen and oxygen atoms in total. The van der Waals surface area contributed by atoms with Gasteiger partial charge in [0.05, 0.1) is 13.7 Å². The second-order valence-electron chi connectivity index (χ2n) is 4.86. The average Bonchev–Trinajstić information content (AvgIpc) is 2.57. The van der Waals surface area contributed by atoms with Crippen LogP contribution < -0.4 is 4.74 Å². The van der Waals surface area contributed by atoms with Crippen molar-refractivity contribution in [1.29, 1.82) is 0 Å². The summed E-state index contributed by atoms with van der Waals surface area (Å²) in [6.45, 7) is 2.15. The first-order valence-electron chi connectivity index (χ1n) is 7.12. The third kappa shape index (κ3) is 3.02. The van der Waals surface area contributed by atoms with Crippen LogP contribution in [0, 0.1) is 0 Å². The smallest absolute Gasteiger partial charge is 0.321 e. The first-order valence-corrected chi connectivity index (χ1v) is 8.24. The maximum Gasteiger partial charge on any atom is 0.321 e. The molecule has 0 aromatic heterocycles. The Hall–Kier alpha value is -1.81. The molecule has 0 saturated carbocycles. The van der Waals surface area contributed by atoms with E-state index in [9.17, 15) is 4.79 Å². The van der Waals surface area contributed by atoms with E-state index in [-0.39, 0.29) is 5.97 Å². The van der Waals surface area contributed by atoms with E-state index in [0.29, 0.717) is 17.7 Å². The molecule has 0 aliphatic carbocycles. The van der Waals surface area contributed by atoms with E-state index < -0.39 is 5.41 Å². The van der Waals surface area contributed by atoms with Crippen LogP contribution in [0.5, 0.6) is 5.75 Å². The molecule has 0 aliphatic rings. The van der Waals surface area contributed by atoms with Crippen molar-refractivity contribution in [2.75, 3.05) is 19.0 Å². The van der Waals surface area contributed by atoms with Crippen LogP contribution >= 0.6 is 15.9 Å². The zero-order valence-corrected chi connectivity index (χ0v) is 14.3. The summed E-state index contributed by atoms with van der Waals surface area (Å²) in [6, 6.07) is 17.2. The maximum absolute atomic E-state index is 12.8. The van der Waals surface area contributed by atoms with Crippen molar-refractivity contribution in [2.24, 2.45) is 0 Å². The highest BCUT2D eigenvalue weighted by molar-refractivity contribution is 9.09. The molecule has 0 unspecified atom stereocenters. The first-order chi connectivity index (χ1) is 10.7. The fourth-order valence-corrected chi connectivity index (χ4v) is 3.35. The van der Waals surface area contributed by atoms with Crippen molar-refractivity contribution >= 4 is 21.9 Å². The van der Waals surface area contributed by atoms with Crippen molar-refractivity contribution < 1.29 is 14.3 Å². The Labute approximate surface area is 139 Å². The molecule has 22 heavy (non-hydrogen) atoms. The van der Waals surface area contributed by atoms with Gasteiger partial charge in [0.15, 0.2) is 0 Å². The molecule has 0 radical (unpaired) electrons. The van der Waals surface area contributed by atoms with E-state index in [4.69, 9.17) is 9.47 Å². The lowest BCUT2D eigenvalue weighted by Crippen LogP contribution is -2.40. The second-order valence-corrected chi connectivity index (χ2v) is 5.42. The predicted molar refractivity (Wildman–Crippen MR) is 90.6 cm³/mol. The summed E-state index contributed by atoms with van der Waals surface area (Å²) >= 11 is 3.52. The van der Waals surface area contributed by atoms with E-state index in [1.165, 1.54) is 0 Å². The van der Waals surface area contributed by atoms with Crippen molar-refractivity contribution in [3.05, 3.63) is 65.7 Å². The van der Waals surface area contributed by atoms with Gasteiger partial charge >= 0.3 is 5.97 Å². The molecule has 1 atom stereocenters. The van der Waals surface area contributed by atoms with Gasteiger partial charge in [-0.15, -0.1) is 0 Å². The summed E-state index contributed by atoms with van der Waals surface area (Å²) in [4.78, 5) is 12.8. The second kappa shape index (κ2) is 7.45. The Morgan fingerprint density at radius 3 is 2.36 bits per heavy atom. The monoisotopic (exact) mass is 362 g/mol. The summed E-state index contributed by atoms with van der Waals surface area (Å²) < 4.78 is 10.7. The molecule has 116 valence electrons. The van der Waals surface area contributed by atoms with Crippen molar-refractivity contribution in [3.63, 3.8) is 0 Å². The molecule has 2 aromatic rings. The highest BCUT2D eigenvalue weighted by Gasteiger charge is 2.42. The Morgan fingerprint density at radius 1 is 1.09 bits per heavy atom. The molecule has 0 aliphatic heterocycles. The first kappa shape index (κ1) is 16.6. The van der Waals surface area contributed by atoms with E-state index in [1.54, 1.807) is 7.11 Å². The molecule has 0 amide bonds. The van der Waals surface area contributed by atoms with E-state index in [2.05, 4.69) is 15.9 Å². The summed E-state index contributed by atoms with van der Waals surface area (Å²) in [5.74, 6) is 0.439. The minimum absolute atomic E-state index is 0.272. The van der Waals surface area contributed by atoms with Gasteiger partial charge in [0.2, 0.25) is 0 Å². The largest absolute Gasteiger partial charge is 0.497 e. The number of ether oxygens (including phenoxy) is 2. The standard InChI is InChI=1S/C18H19BrO3/c1-3-22-17(20)18(13-19,14-8-5-4-6-9-14)15-10-7-11-16(12-15)21-2/h4-12H,3,13H2,1-2H3/t18-/m0/s1. The van der Waals surface area contributed by atoms with Crippen molar-refractivity contribution in [3.8, 4) is 5.75 Å². The van der Waals surface area contributed by atoms with Crippen LogP contribution in [0.4, 0.5) is 0 Å². The molecule has 2 rings (SSSR count). The quantitative estimate of drug-likeness (QED) is 0.576. The molecule has 0 spiro atoms. The van der Waals surface area contributed by atoms with E-state index >= 15 is 0 Å². The molecular formula is C18H19BrO3.